The highest BCUT2D eigenvalue weighted by atomic mass is 16.6. The molecule has 4 rings (SSSR count). The molecular weight excluding hydrogens is 378 g/mol. The second kappa shape index (κ2) is 8.68. The molecule has 2 aliphatic heterocycles. The van der Waals surface area contributed by atoms with Crippen LogP contribution in [0.5, 0.6) is 0 Å². The molecule has 160 valence electrons. The van der Waals surface area contributed by atoms with Crippen molar-refractivity contribution < 1.29 is 24.2 Å². The van der Waals surface area contributed by atoms with Gasteiger partial charge in [-0.25, -0.2) is 4.79 Å². The second-order valence-corrected chi connectivity index (χ2v) is 8.15. The lowest BCUT2D eigenvalue weighted by molar-refractivity contribution is -0.124. The lowest BCUT2D eigenvalue weighted by Gasteiger charge is -2.27. The van der Waals surface area contributed by atoms with Crippen LogP contribution < -0.4 is 16.0 Å². The molecule has 3 heterocycles. The summed E-state index contributed by atoms with van der Waals surface area (Å²) in [6.07, 6.45) is 5.17. The summed E-state index contributed by atoms with van der Waals surface area (Å²) < 4.78 is 13.4. The van der Waals surface area contributed by atoms with Crippen LogP contribution in [0.2, 0.25) is 0 Å². The predicted octanol–water partition coefficient (Wildman–Crippen LogP) is -0.436. The zero-order valence-corrected chi connectivity index (χ0v) is 16.5. The molecule has 10 heteroatoms. The molecule has 3 fully saturated rings. The monoisotopic (exact) mass is 407 g/mol. The summed E-state index contributed by atoms with van der Waals surface area (Å²) >= 11 is 0. The molecule has 2 saturated heterocycles. The number of ether oxygens (including phenoxy) is 2. The smallest absolute Gasteiger partial charge is 0.315 e. The van der Waals surface area contributed by atoms with E-state index >= 15 is 0 Å². The molecule has 0 aromatic carbocycles. The van der Waals surface area contributed by atoms with Crippen LogP contribution in [0, 0.1) is 0 Å². The number of aliphatic hydroxyl groups excluding tert-OH is 1. The number of carbonyl (C=O) groups excluding carboxylic acids is 2. The van der Waals surface area contributed by atoms with Crippen molar-refractivity contribution in [1.29, 1.82) is 0 Å². The number of hydrogen-bond acceptors (Lipinski definition) is 6. The van der Waals surface area contributed by atoms with E-state index in [1.165, 1.54) is 0 Å². The van der Waals surface area contributed by atoms with Crippen molar-refractivity contribution in [3.8, 4) is 0 Å². The summed E-state index contributed by atoms with van der Waals surface area (Å²) in [5.41, 5.74) is 0.931. The number of carbonyl (C=O) groups is 2. The van der Waals surface area contributed by atoms with E-state index < -0.39 is 18.3 Å². The summed E-state index contributed by atoms with van der Waals surface area (Å²) in [6, 6.07) is 0.0313. The van der Waals surface area contributed by atoms with Gasteiger partial charge in [0, 0.05) is 44.4 Å². The highest BCUT2D eigenvalue weighted by Gasteiger charge is 2.50. The Kier molecular flexibility index (Phi) is 6.02. The van der Waals surface area contributed by atoms with Crippen LogP contribution in [0.1, 0.15) is 37.7 Å². The number of hydrogen-bond donors (Lipinski definition) is 4. The lowest BCUT2D eigenvalue weighted by atomic mass is 9.93. The number of aliphatic hydroxyl groups is 1. The van der Waals surface area contributed by atoms with Gasteiger partial charge in [0.1, 0.15) is 18.3 Å². The number of amides is 3. The first-order valence-electron chi connectivity index (χ1n) is 10.3. The maximum Gasteiger partial charge on any atom is 0.315 e. The van der Waals surface area contributed by atoms with Gasteiger partial charge in [-0.1, -0.05) is 0 Å². The van der Waals surface area contributed by atoms with E-state index in [2.05, 4.69) is 21.0 Å². The van der Waals surface area contributed by atoms with Crippen LogP contribution in [-0.2, 0) is 27.9 Å². The first-order chi connectivity index (χ1) is 14.0. The van der Waals surface area contributed by atoms with Crippen LogP contribution in [0.15, 0.2) is 12.4 Å². The van der Waals surface area contributed by atoms with Gasteiger partial charge < -0.3 is 30.5 Å². The molecule has 1 aromatic rings. The number of nitrogens with zero attached hydrogens (tertiary/aromatic N) is 2. The molecule has 5 atom stereocenters. The van der Waals surface area contributed by atoms with Gasteiger partial charge in [0.25, 0.3) is 0 Å². The summed E-state index contributed by atoms with van der Waals surface area (Å²) in [5.74, 6) is -0.112. The third kappa shape index (κ3) is 4.88. The van der Waals surface area contributed by atoms with Gasteiger partial charge >= 0.3 is 6.03 Å². The van der Waals surface area contributed by atoms with Gasteiger partial charge in [-0.3, -0.25) is 9.48 Å². The number of aryl methyl sites for hydroxylation is 1. The Morgan fingerprint density at radius 3 is 2.79 bits per heavy atom. The fourth-order valence-corrected chi connectivity index (χ4v) is 4.03. The summed E-state index contributed by atoms with van der Waals surface area (Å²) in [5, 5.41) is 23.1. The maximum absolute atomic E-state index is 12.2. The third-order valence-electron chi connectivity index (χ3n) is 5.84. The maximum atomic E-state index is 12.2. The van der Waals surface area contributed by atoms with E-state index in [0.29, 0.717) is 13.0 Å². The minimum Gasteiger partial charge on any atom is -0.388 e. The Morgan fingerprint density at radius 1 is 1.31 bits per heavy atom. The number of nitrogens with one attached hydrogen (secondary N) is 3. The molecule has 29 heavy (non-hydrogen) atoms. The third-order valence-corrected chi connectivity index (χ3v) is 5.84. The molecule has 1 aliphatic carbocycles. The van der Waals surface area contributed by atoms with Crippen LogP contribution in [-0.4, -0.2) is 69.9 Å². The van der Waals surface area contributed by atoms with E-state index in [0.717, 1.165) is 24.8 Å². The molecule has 4 N–H and O–H groups in total. The van der Waals surface area contributed by atoms with E-state index in [1.54, 1.807) is 10.9 Å². The average molecular weight is 407 g/mol. The Morgan fingerprint density at radius 2 is 2.14 bits per heavy atom. The fraction of sp³-hybridized carbons (Fsp3) is 0.737. The van der Waals surface area contributed by atoms with E-state index in [1.807, 2.05) is 13.2 Å². The summed E-state index contributed by atoms with van der Waals surface area (Å²) in [7, 11) is 1.82. The molecule has 5 unspecified atom stereocenters. The van der Waals surface area contributed by atoms with Gasteiger partial charge in [-0.05, 0) is 19.3 Å². The second-order valence-electron chi connectivity index (χ2n) is 8.15. The normalized spacial score (nSPS) is 31.2. The molecular formula is C19H29N5O5. The minimum absolute atomic E-state index is 0.112. The van der Waals surface area contributed by atoms with Crippen LogP contribution in [0.4, 0.5) is 4.79 Å². The number of urea groups is 1. The van der Waals surface area contributed by atoms with Crippen LogP contribution in [0.25, 0.3) is 0 Å². The Hall–Kier alpha value is -2.17. The number of rotatable bonds is 7. The van der Waals surface area contributed by atoms with Crippen LogP contribution >= 0.6 is 0 Å². The van der Waals surface area contributed by atoms with Crippen LogP contribution in [0.3, 0.4) is 0 Å². The minimum atomic E-state index is -0.826. The Balaban J connectivity index is 1.16. The Labute approximate surface area is 169 Å². The van der Waals surface area contributed by atoms with Crippen molar-refractivity contribution in [2.24, 2.45) is 7.05 Å². The molecule has 10 nitrogen and oxygen atoms in total. The van der Waals surface area contributed by atoms with Gasteiger partial charge in [-0.2, -0.15) is 5.10 Å². The average Bonchev–Trinajstić information content (AvgIpc) is 3.31. The van der Waals surface area contributed by atoms with Crippen molar-refractivity contribution in [3.05, 3.63) is 18.0 Å². The standard InChI is InChI=1S/C19H29N5O5/c1-24-10-11(8-22-24)7-20-16(25)6-13-5-14-18(28-13)17(26)15(29-14)9-21-19(27)23-12-3-2-4-12/h8,10,12-15,17-18,26H,2-7,9H2,1H3,(H,20,25)(H2,21,23,27). The Bertz CT molecular complexity index is 736. The topological polar surface area (TPSA) is 127 Å². The molecule has 0 bridgehead atoms. The van der Waals surface area contributed by atoms with Gasteiger partial charge in [0.2, 0.25) is 5.91 Å². The first kappa shape index (κ1) is 20.1. The van der Waals surface area contributed by atoms with Crippen molar-refractivity contribution in [3.63, 3.8) is 0 Å². The molecule has 0 radical (unpaired) electrons. The van der Waals surface area contributed by atoms with Crippen molar-refractivity contribution >= 4 is 11.9 Å². The molecule has 1 saturated carbocycles. The molecule has 0 spiro atoms. The van der Waals surface area contributed by atoms with E-state index in [9.17, 15) is 14.7 Å². The summed E-state index contributed by atoms with van der Waals surface area (Å²) in [4.78, 5) is 24.0. The summed E-state index contributed by atoms with van der Waals surface area (Å²) in [6.45, 7) is 0.647. The van der Waals surface area contributed by atoms with E-state index in [4.69, 9.17) is 9.47 Å². The zero-order valence-electron chi connectivity index (χ0n) is 16.5. The van der Waals surface area contributed by atoms with Crippen molar-refractivity contribution in [2.75, 3.05) is 6.54 Å². The zero-order chi connectivity index (χ0) is 20.4. The highest BCUT2D eigenvalue weighted by Crippen LogP contribution is 2.35. The molecule has 3 aliphatic rings. The number of fused-ring (bicyclic) bond motifs is 1. The number of aromatic nitrogens is 2. The van der Waals surface area contributed by atoms with Gasteiger partial charge in [0.15, 0.2) is 0 Å². The van der Waals surface area contributed by atoms with Crippen molar-refractivity contribution in [2.45, 2.75) is 75.2 Å². The lowest BCUT2D eigenvalue weighted by Crippen LogP contribution is -2.48. The largest absolute Gasteiger partial charge is 0.388 e. The highest BCUT2D eigenvalue weighted by molar-refractivity contribution is 5.76. The van der Waals surface area contributed by atoms with Gasteiger partial charge in [-0.15, -0.1) is 0 Å². The van der Waals surface area contributed by atoms with Crippen molar-refractivity contribution in [1.82, 2.24) is 25.7 Å². The van der Waals surface area contributed by atoms with Gasteiger partial charge in [0.05, 0.1) is 24.8 Å². The fourth-order valence-electron chi connectivity index (χ4n) is 4.03. The van der Waals surface area contributed by atoms with E-state index in [-0.39, 0.29) is 43.2 Å². The first-order valence-corrected chi connectivity index (χ1v) is 10.3. The SMILES string of the molecule is Cn1cc(CNC(=O)CC2CC3OC(CNC(=O)NC4CCC4)C(O)C3O2)cn1. The molecule has 1 aromatic heterocycles. The molecule has 3 amide bonds. The quantitative estimate of drug-likeness (QED) is 0.486. The predicted molar refractivity (Wildman–Crippen MR) is 102 cm³/mol.